The van der Waals surface area contributed by atoms with E-state index in [4.69, 9.17) is 4.74 Å². The van der Waals surface area contributed by atoms with Gasteiger partial charge in [-0.3, -0.25) is 0 Å². The molecule has 128 valence electrons. The first-order chi connectivity index (χ1) is 11.4. The normalized spacial score (nSPS) is 16.2. The third kappa shape index (κ3) is 3.93. The Bertz CT molecular complexity index is 713. The Morgan fingerprint density at radius 2 is 1.92 bits per heavy atom. The first-order valence-electron chi connectivity index (χ1n) is 8.36. The van der Waals surface area contributed by atoms with E-state index >= 15 is 0 Å². The number of rotatable bonds is 2. The predicted octanol–water partition coefficient (Wildman–Crippen LogP) is 3.12. The van der Waals surface area contributed by atoms with Gasteiger partial charge in [0.1, 0.15) is 17.7 Å². The van der Waals surface area contributed by atoms with Crippen LogP contribution in [0.5, 0.6) is 0 Å². The molecule has 0 bridgehead atoms. The van der Waals surface area contributed by atoms with Gasteiger partial charge in [-0.1, -0.05) is 12.1 Å². The second kappa shape index (κ2) is 6.63. The van der Waals surface area contributed by atoms with E-state index in [0.717, 1.165) is 42.7 Å². The number of piperidine rings is 1. The summed E-state index contributed by atoms with van der Waals surface area (Å²) in [5.41, 5.74) is 0.487. The maximum Gasteiger partial charge on any atom is 0.407 e. The number of carbonyl (C=O) groups is 1. The Kier molecular flexibility index (Phi) is 4.55. The van der Waals surface area contributed by atoms with Crippen molar-refractivity contribution in [3.05, 3.63) is 30.6 Å². The van der Waals surface area contributed by atoms with Gasteiger partial charge in [0.2, 0.25) is 0 Å². The minimum absolute atomic E-state index is 0.143. The van der Waals surface area contributed by atoms with Crippen LogP contribution in [0.3, 0.4) is 0 Å². The number of hydrogen-bond donors (Lipinski definition) is 1. The molecule has 1 amide bonds. The summed E-state index contributed by atoms with van der Waals surface area (Å²) in [6.45, 7) is 7.31. The largest absolute Gasteiger partial charge is 0.444 e. The summed E-state index contributed by atoms with van der Waals surface area (Å²) in [7, 11) is 0. The monoisotopic (exact) mass is 328 g/mol. The number of alkyl carbamates (subject to hydrolysis) is 1. The molecule has 1 fully saturated rings. The average Bonchev–Trinajstić information content (AvgIpc) is 2.53. The molecule has 6 heteroatoms. The number of aromatic nitrogens is 2. The smallest absolute Gasteiger partial charge is 0.407 e. The molecular formula is C18H24N4O2. The van der Waals surface area contributed by atoms with Crippen LogP contribution in [0.4, 0.5) is 10.6 Å². The molecule has 0 spiro atoms. The predicted molar refractivity (Wildman–Crippen MR) is 94.1 cm³/mol. The van der Waals surface area contributed by atoms with Crippen molar-refractivity contribution in [1.29, 1.82) is 0 Å². The number of benzene rings is 1. The molecule has 3 rings (SSSR count). The fraction of sp³-hybridized carbons (Fsp3) is 0.500. The minimum atomic E-state index is -0.468. The lowest BCUT2D eigenvalue weighted by Gasteiger charge is -2.34. The number of ether oxygens (including phenoxy) is 1. The maximum atomic E-state index is 11.9. The zero-order valence-electron chi connectivity index (χ0n) is 14.5. The van der Waals surface area contributed by atoms with Gasteiger partial charge in [0.25, 0.3) is 0 Å². The van der Waals surface area contributed by atoms with E-state index in [2.05, 4.69) is 26.3 Å². The van der Waals surface area contributed by atoms with Crippen molar-refractivity contribution in [2.24, 2.45) is 0 Å². The van der Waals surface area contributed by atoms with Crippen molar-refractivity contribution < 1.29 is 9.53 Å². The van der Waals surface area contributed by atoms with Gasteiger partial charge in [0.05, 0.1) is 5.52 Å². The van der Waals surface area contributed by atoms with Crippen LogP contribution in [0.15, 0.2) is 30.6 Å². The van der Waals surface area contributed by atoms with Crippen molar-refractivity contribution in [2.75, 3.05) is 18.0 Å². The molecule has 0 unspecified atom stereocenters. The second-order valence-electron chi connectivity index (χ2n) is 7.12. The summed E-state index contributed by atoms with van der Waals surface area (Å²) >= 11 is 0. The van der Waals surface area contributed by atoms with Crippen LogP contribution in [0.1, 0.15) is 33.6 Å². The van der Waals surface area contributed by atoms with Crippen LogP contribution in [-0.2, 0) is 4.74 Å². The highest BCUT2D eigenvalue weighted by Gasteiger charge is 2.24. The van der Waals surface area contributed by atoms with E-state index in [-0.39, 0.29) is 12.1 Å². The van der Waals surface area contributed by atoms with Gasteiger partial charge < -0.3 is 15.0 Å². The zero-order valence-corrected chi connectivity index (χ0v) is 14.5. The van der Waals surface area contributed by atoms with Crippen LogP contribution in [0, 0.1) is 0 Å². The molecule has 0 radical (unpaired) electrons. The molecule has 0 aliphatic carbocycles. The molecule has 0 atom stereocenters. The summed E-state index contributed by atoms with van der Waals surface area (Å²) in [6.07, 6.45) is 3.02. The van der Waals surface area contributed by atoms with Crippen LogP contribution >= 0.6 is 0 Å². The fourth-order valence-corrected chi connectivity index (χ4v) is 2.95. The highest BCUT2D eigenvalue weighted by molar-refractivity contribution is 5.89. The summed E-state index contributed by atoms with van der Waals surface area (Å²) in [5.74, 6) is 0.969. The molecule has 2 aromatic rings. The van der Waals surface area contributed by atoms with Crippen LogP contribution in [-0.4, -0.2) is 40.8 Å². The number of carbonyl (C=O) groups excluding carboxylic acids is 1. The minimum Gasteiger partial charge on any atom is -0.444 e. The Morgan fingerprint density at radius 3 is 2.62 bits per heavy atom. The van der Waals surface area contributed by atoms with Gasteiger partial charge >= 0.3 is 6.09 Å². The quantitative estimate of drug-likeness (QED) is 0.917. The Balaban J connectivity index is 1.62. The van der Waals surface area contributed by atoms with Gasteiger partial charge in [-0.2, -0.15) is 0 Å². The molecule has 1 aromatic carbocycles. The third-order valence-corrected chi connectivity index (χ3v) is 4.04. The van der Waals surface area contributed by atoms with E-state index < -0.39 is 5.60 Å². The molecule has 1 aromatic heterocycles. The van der Waals surface area contributed by atoms with Gasteiger partial charge in [-0.25, -0.2) is 14.8 Å². The molecule has 2 heterocycles. The number of nitrogens with zero attached hydrogens (tertiary/aromatic N) is 3. The summed E-state index contributed by atoms with van der Waals surface area (Å²) in [6, 6.07) is 8.18. The SMILES string of the molecule is CC(C)(C)OC(=O)NC1CCN(c2ncnc3ccccc23)CC1. The lowest BCUT2D eigenvalue weighted by molar-refractivity contribution is 0.0497. The summed E-state index contributed by atoms with van der Waals surface area (Å²) in [5, 5.41) is 4.03. The number of hydrogen-bond acceptors (Lipinski definition) is 5. The molecule has 1 N–H and O–H groups in total. The number of anilines is 1. The molecule has 1 aliphatic rings. The van der Waals surface area contributed by atoms with E-state index in [0.29, 0.717) is 0 Å². The topological polar surface area (TPSA) is 67.3 Å². The first-order valence-corrected chi connectivity index (χ1v) is 8.36. The van der Waals surface area contributed by atoms with E-state index in [1.807, 2.05) is 39.0 Å². The van der Waals surface area contributed by atoms with Gasteiger partial charge in [0, 0.05) is 24.5 Å². The highest BCUT2D eigenvalue weighted by atomic mass is 16.6. The lowest BCUT2D eigenvalue weighted by Crippen LogP contribution is -2.46. The third-order valence-electron chi connectivity index (χ3n) is 4.04. The Morgan fingerprint density at radius 1 is 1.21 bits per heavy atom. The van der Waals surface area contributed by atoms with Gasteiger partial charge in [0.15, 0.2) is 0 Å². The van der Waals surface area contributed by atoms with Crippen molar-refractivity contribution in [2.45, 2.75) is 45.3 Å². The molecule has 1 aliphatic heterocycles. The highest BCUT2D eigenvalue weighted by Crippen LogP contribution is 2.25. The second-order valence-corrected chi connectivity index (χ2v) is 7.12. The van der Waals surface area contributed by atoms with Crippen molar-refractivity contribution in [3.63, 3.8) is 0 Å². The lowest BCUT2D eigenvalue weighted by atomic mass is 10.0. The Hall–Kier alpha value is -2.37. The Labute approximate surface area is 142 Å². The van der Waals surface area contributed by atoms with E-state index in [1.54, 1.807) is 6.33 Å². The van der Waals surface area contributed by atoms with Gasteiger partial charge in [-0.05, 0) is 45.7 Å². The molecule has 6 nitrogen and oxygen atoms in total. The van der Waals surface area contributed by atoms with E-state index in [1.165, 1.54) is 0 Å². The van der Waals surface area contributed by atoms with Crippen LogP contribution < -0.4 is 10.2 Å². The van der Waals surface area contributed by atoms with Crippen LogP contribution in [0.25, 0.3) is 10.9 Å². The summed E-state index contributed by atoms with van der Waals surface area (Å²) < 4.78 is 5.33. The number of nitrogens with one attached hydrogen (secondary N) is 1. The van der Waals surface area contributed by atoms with Crippen molar-refractivity contribution in [3.8, 4) is 0 Å². The standard InChI is InChI=1S/C18H24N4O2/c1-18(2,3)24-17(23)21-13-8-10-22(11-9-13)16-14-6-4-5-7-15(14)19-12-20-16/h4-7,12-13H,8-11H2,1-3H3,(H,21,23). The van der Waals surface area contributed by atoms with Crippen molar-refractivity contribution >= 4 is 22.8 Å². The van der Waals surface area contributed by atoms with Gasteiger partial charge in [-0.15, -0.1) is 0 Å². The van der Waals surface area contributed by atoms with Crippen LogP contribution in [0.2, 0.25) is 0 Å². The van der Waals surface area contributed by atoms with Crippen molar-refractivity contribution in [1.82, 2.24) is 15.3 Å². The fourth-order valence-electron chi connectivity index (χ4n) is 2.95. The molecular weight excluding hydrogens is 304 g/mol. The molecule has 0 saturated carbocycles. The van der Waals surface area contributed by atoms with E-state index in [9.17, 15) is 4.79 Å². The average molecular weight is 328 g/mol. The number of amides is 1. The maximum absolute atomic E-state index is 11.9. The molecule has 1 saturated heterocycles. The zero-order chi connectivity index (χ0) is 17.2. The number of para-hydroxylation sites is 1. The molecule has 24 heavy (non-hydrogen) atoms. The summed E-state index contributed by atoms with van der Waals surface area (Å²) in [4.78, 5) is 22.9. The number of fused-ring (bicyclic) bond motifs is 1. The first kappa shape index (κ1) is 16.5.